The maximum atomic E-state index is 11.9. The third kappa shape index (κ3) is 4.66. The number of hydrogen-bond donors (Lipinski definition) is 2. The second-order valence-electron chi connectivity index (χ2n) is 7.52. The minimum Gasteiger partial charge on any atom is -0.368 e. The summed E-state index contributed by atoms with van der Waals surface area (Å²) < 4.78 is 0. The largest absolute Gasteiger partial charge is 0.368 e. The van der Waals surface area contributed by atoms with E-state index in [-0.39, 0.29) is 5.91 Å². The van der Waals surface area contributed by atoms with Crippen molar-refractivity contribution in [3.8, 4) is 0 Å². The van der Waals surface area contributed by atoms with Crippen LogP contribution in [0.4, 0.5) is 0 Å². The average molecular weight is 296 g/mol. The molecule has 1 heterocycles. The van der Waals surface area contributed by atoms with Crippen LogP contribution in [-0.4, -0.2) is 67.1 Å². The van der Waals surface area contributed by atoms with Gasteiger partial charge in [-0.3, -0.25) is 4.79 Å². The molecule has 2 rings (SSSR count). The van der Waals surface area contributed by atoms with E-state index in [1.165, 1.54) is 32.4 Å². The molecule has 1 amide bonds. The number of primary amides is 1. The molecular weight excluding hydrogens is 264 g/mol. The van der Waals surface area contributed by atoms with E-state index in [0.717, 1.165) is 18.9 Å². The molecule has 21 heavy (non-hydrogen) atoms. The molecule has 0 aromatic carbocycles. The highest BCUT2D eigenvalue weighted by atomic mass is 16.1. The van der Waals surface area contributed by atoms with Crippen molar-refractivity contribution in [1.82, 2.24) is 15.1 Å². The summed E-state index contributed by atoms with van der Waals surface area (Å²) in [4.78, 5) is 16.6. The normalized spacial score (nSPS) is 27.8. The van der Waals surface area contributed by atoms with Gasteiger partial charge in [-0.2, -0.15) is 0 Å². The highest BCUT2D eigenvalue weighted by molar-refractivity contribution is 5.84. The Kier molecular flexibility index (Phi) is 5.28. The van der Waals surface area contributed by atoms with Crippen molar-refractivity contribution >= 4 is 5.91 Å². The molecule has 2 aliphatic rings. The second kappa shape index (κ2) is 6.63. The van der Waals surface area contributed by atoms with Gasteiger partial charge in [-0.05, 0) is 66.1 Å². The fraction of sp³-hybridized carbons (Fsp3) is 0.938. The first kappa shape index (κ1) is 16.7. The topological polar surface area (TPSA) is 61.6 Å². The van der Waals surface area contributed by atoms with Gasteiger partial charge >= 0.3 is 0 Å². The maximum absolute atomic E-state index is 11.9. The third-order valence-corrected chi connectivity index (χ3v) is 5.14. The molecule has 5 nitrogen and oxygen atoms in total. The molecule has 5 heteroatoms. The number of nitrogens with one attached hydrogen (secondary N) is 1. The molecule has 0 radical (unpaired) electrons. The standard InChI is InChI=1S/C16H32N4O/c1-12(20(4)11-13-7-8-19(3)10-13)9-16(2,15(17)21)18-14-5-6-14/h12-14,18H,5-11H2,1-4H3,(H2,17,21). The SMILES string of the molecule is CC(CC(C)(NC1CC1)C(N)=O)N(C)CC1CCN(C)C1. The molecule has 3 atom stereocenters. The number of hydrogen-bond acceptors (Lipinski definition) is 4. The lowest BCUT2D eigenvalue weighted by Gasteiger charge is -2.35. The monoisotopic (exact) mass is 296 g/mol. The van der Waals surface area contributed by atoms with Crippen LogP contribution in [0.1, 0.15) is 39.5 Å². The summed E-state index contributed by atoms with van der Waals surface area (Å²) >= 11 is 0. The van der Waals surface area contributed by atoms with Crippen LogP contribution in [0.15, 0.2) is 0 Å². The van der Waals surface area contributed by atoms with Gasteiger partial charge in [0, 0.05) is 25.2 Å². The van der Waals surface area contributed by atoms with Gasteiger partial charge in [0.1, 0.15) is 0 Å². The summed E-state index contributed by atoms with van der Waals surface area (Å²) in [6, 6.07) is 0.836. The minimum absolute atomic E-state index is 0.227. The van der Waals surface area contributed by atoms with Gasteiger partial charge in [-0.25, -0.2) is 0 Å². The molecule has 1 saturated carbocycles. The van der Waals surface area contributed by atoms with E-state index in [1.807, 2.05) is 6.92 Å². The summed E-state index contributed by atoms with van der Waals surface area (Å²) in [5.41, 5.74) is 5.07. The first-order chi connectivity index (χ1) is 9.80. The van der Waals surface area contributed by atoms with Crippen LogP contribution in [0.2, 0.25) is 0 Å². The van der Waals surface area contributed by atoms with Crippen molar-refractivity contribution in [2.24, 2.45) is 11.7 Å². The molecule has 1 saturated heterocycles. The second-order valence-corrected chi connectivity index (χ2v) is 7.52. The number of amides is 1. The van der Waals surface area contributed by atoms with Gasteiger partial charge in [-0.15, -0.1) is 0 Å². The Morgan fingerprint density at radius 1 is 1.48 bits per heavy atom. The van der Waals surface area contributed by atoms with E-state index in [2.05, 4.69) is 36.1 Å². The van der Waals surface area contributed by atoms with Crippen LogP contribution in [0, 0.1) is 5.92 Å². The Labute approximate surface area is 129 Å². The van der Waals surface area contributed by atoms with E-state index in [4.69, 9.17) is 5.73 Å². The lowest BCUT2D eigenvalue weighted by atomic mass is 9.91. The zero-order valence-electron chi connectivity index (χ0n) is 14.1. The van der Waals surface area contributed by atoms with Gasteiger partial charge in [0.2, 0.25) is 5.91 Å². The number of carbonyl (C=O) groups is 1. The van der Waals surface area contributed by atoms with Crippen LogP contribution < -0.4 is 11.1 Å². The van der Waals surface area contributed by atoms with Gasteiger partial charge in [0.05, 0.1) is 5.54 Å². The zero-order valence-corrected chi connectivity index (χ0v) is 14.1. The van der Waals surface area contributed by atoms with Crippen LogP contribution in [0.5, 0.6) is 0 Å². The number of likely N-dealkylation sites (tertiary alicyclic amines) is 1. The molecule has 0 aromatic heterocycles. The van der Waals surface area contributed by atoms with E-state index in [9.17, 15) is 4.79 Å². The van der Waals surface area contributed by atoms with Gasteiger partial charge in [-0.1, -0.05) is 0 Å². The zero-order chi connectivity index (χ0) is 15.6. The quantitative estimate of drug-likeness (QED) is 0.690. The summed E-state index contributed by atoms with van der Waals surface area (Å²) in [6.45, 7) is 7.65. The summed E-state index contributed by atoms with van der Waals surface area (Å²) in [6.07, 6.45) is 4.39. The molecule has 1 aliphatic carbocycles. The predicted octanol–water partition coefficient (Wildman–Crippen LogP) is 0.645. The predicted molar refractivity (Wildman–Crippen MR) is 86.1 cm³/mol. The minimum atomic E-state index is -0.582. The fourth-order valence-electron chi connectivity index (χ4n) is 3.42. The van der Waals surface area contributed by atoms with Crippen LogP contribution in [-0.2, 0) is 4.79 Å². The highest BCUT2D eigenvalue weighted by Gasteiger charge is 2.38. The average Bonchev–Trinajstić information content (AvgIpc) is 3.10. The molecule has 0 spiro atoms. The molecule has 3 N–H and O–H groups in total. The maximum Gasteiger partial charge on any atom is 0.237 e. The third-order valence-electron chi connectivity index (χ3n) is 5.14. The van der Waals surface area contributed by atoms with Crippen LogP contribution in [0.3, 0.4) is 0 Å². The van der Waals surface area contributed by atoms with Crippen molar-refractivity contribution < 1.29 is 4.79 Å². The molecule has 1 aliphatic heterocycles. The summed E-state index contributed by atoms with van der Waals surface area (Å²) in [5, 5.41) is 3.44. The number of nitrogens with two attached hydrogens (primary N) is 1. The Balaban J connectivity index is 1.85. The van der Waals surface area contributed by atoms with E-state index in [0.29, 0.717) is 12.1 Å². The van der Waals surface area contributed by atoms with Crippen LogP contribution >= 0.6 is 0 Å². The van der Waals surface area contributed by atoms with Crippen molar-refractivity contribution in [1.29, 1.82) is 0 Å². The smallest absolute Gasteiger partial charge is 0.237 e. The highest BCUT2D eigenvalue weighted by Crippen LogP contribution is 2.26. The summed E-state index contributed by atoms with van der Waals surface area (Å²) in [5.74, 6) is 0.522. The Bertz CT molecular complexity index is 371. The molecule has 2 fully saturated rings. The molecule has 122 valence electrons. The first-order valence-electron chi connectivity index (χ1n) is 8.26. The molecule has 0 aromatic rings. The van der Waals surface area contributed by atoms with E-state index >= 15 is 0 Å². The van der Waals surface area contributed by atoms with Crippen LogP contribution in [0.25, 0.3) is 0 Å². The number of rotatable bonds is 8. The Morgan fingerprint density at radius 2 is 2.14 bits per heavy atom. The summed E-state index contributed by atoms with van der Waals surface area (Å²) in [7, 11) is 4.36. The molecule has 0 bridgehead atoms. The fourth-order valence-corrected chi connectivity index (χ4v) is 3.42. The van der Waals surface area contributed by atoms with Gasteiger partial charge in [0.15, 0.2) is 0 Å². The van der Waals surface area contributed by atoms with Crippen molar-refractivity contribution in [3.05, 3.63) is 0 Å². The van der Waals surface area contributed by atoms with Crippen molar-refractivity contribution in [3.63, 3.8) is 0 Å². The van der Waals surface area contributed by atoms with Gasteiger partial charge < -0.3 is 20.9 Å². The van der Waals surface area contributed by atoms with Gasteiger partial charge in [0.25, 0.3) is 0 Å². The Hall–Kier alpha value is -0.650. The first-order valence-corrected chi connectivity index (χ1v) is 8.26. The number of nitrogens with zero attached hydrogens (tertiary/aromatic N) is 2. The van der Waals surface area contributed by atoms with Crippen molar-refractivity contribution in [2.45, 2.75) is 57.2 Å². The molecular formula is C16H32N4O. The molecule has 3 unspecified atom stereocenters. The number of carbonyl (C=O) groups excluding carboxylic acids is 1. The lowest BCUT2D eigenvalue weighted by molar-refractivity contribution is -0.124. The van der Waals surface area contributed by atoms with E-state index in [1.54, 1.807) is 0 Å². The Morgan fingerprint density at radius 3 is 2.62 bits per heavy atom. The van der Waals surface area contributed by atoms with E-state index < -0.39 is 5.54 Å². The lowest BCUT2D eigenvalue weighted by Crippen LogP contribution is -2.57. The van der Waals surface area contributed by atoms with Crippen molar-refractivity contribution in [2.75, 3.05) is 33.7 Å².